The van der Waals surface area contributed by atoms with Crippen LogP contribution in [0.1, 0.15) is 27.9 Å². The monoisotopic (exact) mass is 531 g/mol. The maximum absolute atomic E-state index is 13.7. The van der Waals surface area contributed by atoms with Gasteiger partial charge in [0.1, 0.15) is 11.6 Å². The Morgan fingerprint density at radius 3 is 2.32 bits per heavy atom. The van der Waals surface area contributed by atoms with E-state index >= 15 is 0 Å². The molecule has 1 aliphatic carbocycles. The van der Waals surface area contributed by atoms with Gasteiger partial charge in [-0.3, -0.25) is 9.59 Å². The van der Waals surface area contributed by atoms with Crippen molar-refractivity contribution in [2.24, 2.45) is 10.9 Å². The van der Waals surface area contributed by atoms with E-state index in [1.54, 1.807) is 47.4 Å². The average molecular weight is 532 g/mol. The zero-order valence-electron chi connectivity index (χ0n) is 20.3. The fraction of sp³-hybridized carbons (Fsp3) is 0.167. The van der Waals surface area contributed by atoms with E-state index in [1.807, 2.05) is 24.3 Å². The number of nitrogens with zero attached hydrogens (tertiary/aromatic N) is 2. The third kappa shape index (κ3) is 5.29. The molecule has 5 nitrogen and oxygen atoms in total. The van der Waals surface area contributed by atoms with E-state index in [0.717, 1.165) is 5.56 Å². The molecule has 0 saturated heterocycles. The molecule has 0 fully saturated rings. The lowest BCUT2D eigenvalue weighted by molar-refractivity contribution is -0.118. The largest absolute Gasteiger partial charge is 0.348 e. The molecule has 1 N–H and O–H groups in total. The molecule has 8 heteroatoms. The number of alkyl halides is 1. The average Bonchev–Trinajstić information content (AvgIpc) is 3.07. The van der Waals surface area contributed by atoms with Crippen LogP contribution in [0.15, 0.2) is 96.0 Å². The summed E-state index contributed by atoms with van der Waals surface area (Å²) in [6, 6.07) is 16.6. The minimum absolute atomic E-state index is 0.132. The first kappa shape index (κ1) is 25.5. The van der Waals surface area contributed by atoms with Gasteiger partial charge >= 0.3 is 0 Å². The van der Waals surface area contributed by atoms with Crippen molar-refractivity contribution in [2.45, 2.75) is 19.0 Å². The third-order valence-electron chi connectivity index (χ3n) is 6.54. The number of anilines is 1. The van der Waals surface area contributed by atoms with Crippen LogP contribution in [0.4, 0.5) is 20.2 Å². The molecular formula is C30H24ClF2N3O2. The van der Waals surface area contributed by atoms with E-state index in [4.69, 9.17) is 16.6 Å². The summed E-state index contributed by atoms with van der Waals surface area (Å²) in [6.07, 6.45) is 7.82. The molecule has 2 aliphatic rings. The maximum Gasteiger partial charge on any atom is 0.251 e. The van der Waals surface area contributed by atoms with Crippen molar-refractivity contribution >= 4 is 40.5 Å². The van der Waals surface area contributed by atoms with Crippen molar-refractivity contribution in [3.8, 4) is 0 Å². The van der Waals surface area contributed by atoms with Crippen molar-refractivity contribution in [3.63, 3.8) is 0 Å². The van der Waals surface area contributed by atoms with Gasteiger partial charge in [-0.1, -0.05) is 48.6 Å². The van der Waals surface area contributed by atoms with E-state index < -0.39 is 0 Å². The van der Waals surface area contributed by atoms with Gasteiger partial charge in [0, 0.05) is 30.3 Å². The van der Waals surface area contributed by atoms with Crippen LogP contribution in [-0.4, -0.2) is 29.4 Å². The van der Waals surface area contributed by atoms with Crippen LogP contribution in [0.3, 0.4) is 0 Å². The highest BCUT2D eigenvalue weighted by Crippen LogP contribution is 2.40. The van der Waals surface area contributed by atoms with Gasteiger partial charge < -0.3 is 10.2 Å². The van der Waals surface area contributed by atoms with Crippen molar-refractivity contribution in [1.82, 2.24) is 5.32 Å². The molecule has 2 unspecified atom stereocenters. The Morgan fingerprint density at radius 1 is 0.921 bits per heavy atom. The van der Waals surface area contributed by atoms with Crippen LogP contribution < -0.4 is 10.2 Å². The number of rotatable bonds is 6. The second-order valence-corrected chi connectivity index (χ2v) is 9.38. The van der Waals surface area contributed by atoms with Gasteiger partial charge in [-0.05, 0) is 53.6 Å². The number of halogens is 3. The molecule has 38 heavy (non-hydrogen) atoms. The fourth-order valence-electron chi connectivity index (χ4n) is 4.68. The normalized spacial score (nSPS) is 17.8. The van der Waals surface area contributed by atoms with Gasteiger partial charge in [0.25, 0.3) is 5.91 Å². The Labute approximate surface area is 224 Å². The van der Waals surface area contributed by atoms with Crippen LogP contribution in [-0.2, 0) is 11.3 Å². The second kappa shape index (κ2) is 11.1. The predicted octanol–water partition coefficient (Wildman–Crippen LogP) is 6.10. The van der Waals surface area contributed by atoms with Crippen LogP contribution in [0, 0.1) is 17.6 Å². The lowest BCUT2D eigenvalue weighted by Gasteiger charge is -2.34. The second-order valence-electron chi connectivity index (χ2n) is 9.01. The Balaban J connectivity index is 1.56. The van der Waals surface area contributed by atoms with Crippen LogP contribution in [0.2, 0.25) is 0 Å². The number of carbonyl (C=O) groups is 2. The summed E-state index contributed by atoms with van der Waals surface area (Å²) in [5.41, 5.74) is 3.48. The summed E-state index contributed by atoms with van der Waals surface area (Å²) in [6.45, 7) is 0.223. The summed E-state index contributed by atoms with van der Waals surface area (Å²) in [5, 5.41) is 2.84. The number of nitrogens with one attached hydrogen (secondary N) is 1. The molecule has 0 aromatic heterocycles. The highest BCUT2D eigenvalue weighted by molar-refractivity contribution is 6.19. The number of carbonyl (C=O) groups excluding carboxylic acids is 2. The Kier molecular flexibility index (Phi) is 7.47. The molecule has 192 valence electrons. The minimum Gasteiger partial charge on any atom is -0.348 e. The van der Waals surface area contributed by atoms with E-state index in [2.05, 4.69) is 5.32 Å². The number of hydrogen-bond acceptors (Lipinski definition) is 3. The Hall–Kier alpha value is -4.10. The van der Waals surface area contributed by atoms with E-state index in [1.165, 1.54) is 24.3 Å². The predicted molar refractivity (Wildman–Crippen MR) is 145 cm³/mol. The number of fused-ring (bicyclic) bond motifs is 2. The number of aliphatic imine (C=N–C) groups is 1. The highest BCUT2D eigenvalue weighted by Gasteiger charge is 2.37. The molecule has 1 heterocycles. The zero-order chi connectivity index (χ0) is 26.6. The molecule has 1 aliphatic heterocycles. The lowest BCUT2D eigenvalue weighted by atomic mass is 9.86. The van der Waals surface area contributed by atoms with Gasteiger partial charge in [-0.15, -0.1) is 11.6 Å². The molecule has 0 bridgehead atoms. The Bertz CT molecular complexity index is 1450. The summed E-state index contributed by atoms with van der Waals surface area (Å²) >= 11 is 5.94. The third-order valence-corrected chi connectivity index (χ3v) is 6.73. The first-order chi connectivity index (χ1) is 18.4. The standard InChI is InChI=1S/C30H24ClF2N3O2/c31-16-15-28(37)36-26-4-2-1-3-24(26)29(20-7-12-23(33)13-8-20)35-25-17-21(9-14-27(25)36)30(38)34-18-19-5-10-22(32)11-6-19/h1-14,17,24,26H,15-16,18H2,(H,34,38). The van der Waals surface area contributed by atoms with Crippen molar-refractivity contribution in [1.29, 1.82) is 0 Å². The van der Waals surface area contributed by atoms with Crippen molar-refractivity contribution < 1.29 is 18.4 Å². The van der Waals surface area contributed by atoms with Crippen molar-refractivity contribution in [2.75, 3.05) is 10.8 Å². The van der Waals surface area contributed by atoms with Crippen LogP contribution in [0.25, 0.3) is 0 Å². The summed E-state index contributed by atoms with van der Waals surface area (Å²) < 4.78 is 26.9. The molecule has 2 atom stereocenters. The maximum atomic E-state index is 13.7. The molecule has 0 saturated carbocycles. The highest BCUT2D eigenvalue weighted by atomic mass is 35.5. The number of benzene rings is 3. The number of allylic oxidation sites excluding steroid dienone is 2. The SMILES string of the molecule is O=C(NCc1ccc(F)cc1)c1ccc2c(c1)N=C(c1ccc(F)cc1)C1C=CC=CC1N2C(=O)CCCl. The first-order valence-corrected chi connectivity index (χ1v) is 12.7. The van der Waals surface area contributed by atoms with Gasteiger partial charge in [-0.25, -0.2) is 13.8 Å². The Morgan fingerprint density at radius 2 is 1.61 bits per heavy atom. The lowest BCUT2D eigenvalue weighted by Crippen LogP contribution is -2.45. The van der Waals surface area contributed by atoms with E-state index in [9.17, 15) is 18.4 Å². The number of hydrogen-bond donors (Lipinski definition) is 1. The first-order valence-electron chi connectivity index (χ1n) is 12.2. The summed E-state index contributed by atoms with van der Waals surface area (Å²) in [4.78, 5) is 33.0. The summed E-state index contributed by atoms with van der Waals surface area (Å²) in [7, 11) is 0. The molecule has 0 spiro atoms. The molecule has 5 rings (SSSR count). The van der Waals surface area contributed by atoms with E-state index in [-0.39, 0.29) is 54.3 Å². The van der Waals surface area contributed by atoms with Gasteiger partial charge in [0.15, 0.2) is 0 Å². The van der Waals surface area contributed by atoms with Crippen LogP contribution >= 0.6 is 11.6 Å². The molecule has 0 radical (unpaired) electrons. The van der Waals surface area contributed by atoms with Gasteiger partial charge in [0.05, 0.1) is 23.1 Å². The van der Waals surface area contributed by atoms with E-state index in [0.29, 0.717) is 28.2 Å². The van der Waals surface area contributed by atoms with Crippen molar-refractivity contribution in [3.05, 3.63) is 119 Å². The summed E-state index contributed by atoms with van der Waals surface area (Å²) in [5.74, 6) is -1.35. The minimum atomic E-state index is -0.376. The van der Waals surface area contributed by atoms with Gasteiger partial charge in [0.2, 0.25) is 5.91 Å². The zero-order valence-corrected chi connectivity index (χ0v) is 21.0. The quantitative estimate of drug-likeness (QED) is 0.391. The molecule has 2 amide bonds. The van der Waals surface area contributed by atoms with Crippen LogP contribution in [0.5, 0.6) is 0 Å². The fourth-order valence-corrected chi connectivity index (χ4v) is 4.85. The number of amides is 2. The molecule has 3 aromatic rings. The van der Waals surface area contributed by atoms with Gasteiger partial charge in [-0.2, -0.15) is 0 Å². The topological polar surface area (TPSA) is 61.8 Å². The molecule has 3 aromatic carbocycles. The smallest absolute Gasteiger partial charge is 0.251 e. The molecular weight excluding hydrogens is 508 g/mol.